The van der Waals surface area contributed by atoms with E-state index in [0.717, 1.165) is 22.4 Å². The molecule has 1 aliphatic heterocycles. The van der Waals surface area contributed by atoms with Crippen molar-refractivity contribution in [2.75, 3.05) is 14.2 Å². The van der Waals surface area contributed by atoms with Crippen molar-refractivity contribution in [3.63, 3.8) is 0 Å². The van der Waals surface area contributed by atoms with Crippen molar-refractivity contribution in [2.24, 2.45) is 5.16 Å². The Bertz CT molecular complexity index is 1080. The third kappa shape index (κ3) is 4.69. The van der Waals surface area contributed by atoms with E-state index in [9.17, 15) is 4.79 Å². The number of oxime groups is 1. The highest BCUT2D eigenvalue weighted by molar-refractivity contribution is 6.04. The fourth-order valence-corrected chi connectivity index (χ4v) is 3.43. The molecule has 6 nitrogen and oxygen atoms in total. The highest BCUT2D eigenvalue weighted by atomic mass is 16.6. The maximum absolute atomic E-state index is 11.7. The monoisotopic (exact) mass is 417 g/mol. The zero-order valence-corrected chi connectivity index (χ0v) is 17.4. The zero-order chi connectivity index (χ0) is 21.6. The number of hydrogen-bond donors (Lipinski definition) is 0. The van der Waals surface area contributed by atoms with E-state index in [2.05, 4.69) is 5.16 Å². The van der Waals surface area contributed by atoms with Gasteiger partial charge in [0.15, 0.2) is 0 Å². The molecule has 6 heteroatoms. The molecule has 0 aliphatic carbocycles. The van der Waals surface area contributed by atoms with Crippen LogP contribution in [0.1, 0.15) is 39.6 Å². The van der Waals surface area contributed by atoms with Crippen LogP contribution in [0.25, 0.3) is 0 Å². The number of nitrogens with zero attached hydrogens (tertiary/aromatic N) is 1. The SMILES string of the molecule is COC(=O)c1ccc([C@H]2CC(=NOCc3ccccc3)c3ccc(OC)cc3O2)cc1. The minimum atomic E-state index is -0.372. The molecule has 1 aliphatic rings. The molecule has 158 valence electrons. The van der Waals surface area contributed by atoms with Crippen molar-refractivity contribution >= 4 is 11.7 Å². The molecule has 31 heavy (non-hydrogen) atoms. The first-order valence-electron chi connectivity index (χ1n) is 9.94. The molecule has 3 aromatic rings. The van der Waals surface area contributed by atoms with Gasteiger partial charge in [-0.1, -0.05) is 47.6 Å². The molecular weight excluding hydrogens is 394 g/mol. The molecule has 0 saturated heterocycles. The Labute approximate surface area is 181 Å². The maximum atomic E-state index is 11.7. The lowest BCUT2D eigenvalue weighted by molar-refractivity contribution is 0.0600. The second-order valence-electron chi connectivity index (χ2n) is 7.08. The average Bonchev–Trinajstić information content (AvgIpc) is 2.83. The smallest absolute Gasteiger partial charge is 0.337 e. The molecule has 1 heterocycles. The van der Waals surface area contributed by atoms with Crippen LogP contribution in [0, 0.1) is 0 Å². The number of methoxy groups -OCH3 is 2. The van der Waals surface area contributed by atoms with Crippen molar-refractivity contribution in [3.8, 4) is 11.5 Å². The molecule has 1 atom stereocenters. The van der Waals surface area contributed by atoms with E-state index in [0.29, 0.717) is 30.1 Å². The summed E-state index contributed by atoms with van der Waals surface area (Å²) in [6.07, 6.45) is 0.261. The first-order valence-corrected chi connectivity index (χ1v) is 9.94. The molecule has 3 aromatic carbocycles. The second kappa shape index (κ2) is 9.34. The Balaban J connectivity index is 1.60. The van der Waals surface area contributed by atoms with Gasteiger partial charge in [0, 0.05) is 18.1 Å². The Morgan fingerprint density at radius 2 is 1.81 bits per heavy atom. The lowest BCUT2D eigenvalue weighted by atomic mass is 9.95. The van der Waals surface area contributed by atoms with E-state index in [1.54, 1.807) is 19.2 Å². The topological polar surface area (TPSA) is 66.4 Å². The van der Waals surface area contributed by atoms with Gasteiger partial charge < -0.3 is 19.0 Å². The lowest BCUT2D eigenvalue weighted by Crippen LogP contribution is -2.21. The first kappa shape index (κ1) is 20.5. The number of hydrogen-bond acceptors (Lipinski definition) is 6. The molecule has 0 N–H and O–H groups in total. The Hall–Kier alpha value is -3.80. The van der Waals surface area contributed by atoms with Gasteiger partial charge in [0.25, 0.3) is 0 Å². The highest BCUT2D eigenvalue weighted by Gasteiger charge is 2.27. The standard InChI is InChI=1S/C25H23NO5/c1-28-20-12-13-21-22(26-30-16-17-6-4-3-5-7-17)15-23(31-24(21)14-20)18-8-10-19(11-9-18)25(27)29-2/h3-14,23H,15-16H2,1-2H3/t23-/m1/s1. The summed E-state index contributed by atoms with van der Waals surface area (Å²) in [6.45, 7) is 0.384. The number of ether oxygens (including phenoxy) is 3. The first-order chi connectivity index (χ1) is 15.2. The van der Waals surface area contributed by atoms with Gasteiger partial charge in [-0.25, -0.2) is 4.79 Å². The van der Waals surface area contributed by atoms with Crippen LogP contribution in [0.2, 0.25) is 0 Å². The van der Waals surface area contributed by atoms with E-state index in [-0.39, 0.29) is 12.1 Å². The summed E-state index contributed by atoms with van der Waals surface area (Å²) in [5, 5.41) is 4.43. The average molecular weight is 417 g/mol. The van der Waals surface area contributed by atoms with Crippen molar-refractivity contribution in [1.82, 2.24) is 0 Å². The van der Waals surface area contributed by atoms with Crippen LogP contribution in [0.15, 0.2) is 78.0 Å². The molecule has 0 bridgehead atoms. The molecule has 0 unspecified atom stereocenters. The van der Waals surface area contributed by atoms with E-state index in [1.165, 1.54) is 7.11 Å². The highest BCUT2D eigenvalue weighted by Crippen LogP contribution is 2.37. The van der Waals surface area contributed by atoms with Crippen LogP contribution in [0.5, 0.6) is 11.5 Å². The summed E-state index contributed by atoms with van der Waals surface area (Å²) in [6, 6.07) is 22.7. The second-order valence-corrected chi connectivity index (χ2v) is 7.08. The quantitative estimate of drug-likeness (QED) is 0.420. The van der Waals surface area contributed by atoms with Crippen molar-refractivity contribution < 1.29 is 23.8 Å². The summed E-state index contributed by atoms with van der Waals surface area (Å²) in [5.74, 6) is 1.00. The van der Waals surface area contributed by atoms with Crippen LogP contribution in [-0.4, -0.2) is 25.9 Å². The predicted octanol–water partition coefficient (Wildman–Crippen LogP) is 4.93. The van der Waals surface area contributed by atoms with Crippen molar-refractivity contribution in [3.05, 3.63) is 95.1 Å². The van der Waals surface area contributed by atoms with Crippen LogP contribution in [0.4, 0.5) is 0 Å². The number of esters is 1. The van der Waals surface area contributed by atoms with Gasteiger partial charge in [0.1, 0.15) is 24.2 Å². The Morgan fingerprint density at radius 1 is 1.03 bits per heavy atom. The van der Waals surface area contributed by atoms with Crippen molar-refractivity contribution in [1.29, 1.82) is 0 Å². The Morgan fingerprint density at radius 3 is 2.52 bits per heavy atom. The molecule has 0 amide bonds. The van der Waals surface area contributed by atoms with Gasteiger partial charge in [-0.05, 0) is 35.4 Å². The fraction of sp³-hybridized carbons (Fsp3) is 0.200. The van der Waals surface area contributed by atoms with Gasteiger partial charge in [-0.15, -0.1) is 0 Å². The molecule has 0 saturated carbocycles. The van der Waals surface area contributed by atoms with Gasteiger partial charge in [0.2, 0.25) is 0 Å². The molecule has 0 fully saturated rings. The largest absolute Gasteiger partial charge is 0.497 e. The number of carbonyl (C=O) groups excluding carboxylic acids is 1. The van der Waals surface area contributed by atoms with E-state index in [1.807, 2.05) is 60.7 Å². The van der Waals surface area contributed by atoms with Crippen LogP contribution < -0.4 is 9.47 Å². The van der Waals surface area contributed by atoms with Gasteiger partial charge in [-0.3, -0.25) is 0 Å². The third-order valence-electron chi connectivity index (χ3n) is 5.10. The summed E-state index contributed by atoms with van der Waals surface area (Å²) in [4.78, 5) is 17.4. The van der Waals surface area contributed by atoms with Gasteiger partial charge in [-0.2, -0.15) is 0 Å². The fourth-order valence-electron chi connectivity index (χ4n) is 3.43. The molecule has 4 rings (SSSR count). The van der Waals surface area contributed by atoms with Crippen LogP contribution in [-0.2, 0) is 16.2 Å². The van der Waals surface area contributed by atoms with Gasteiger partial charge in [0.05, 0.1) is 25.5 Å². The van der Waals surface area contributed by atoms with E-state index in [4.69, 9.17) is 19.0 Å². The molecule has 0 aromatic heterocycles. The van der Waals surface area contributed by atoms with Crippen LogP contribution >= 0.6 is 0 Å². The minimum absolute atomic E-state index is 0.273. The summed E-state index contributed by atoms with van der Waals surface area (Å²) >= 11 is 0. The summed E-state index contributed by atoms with van der Waals surface area (Å²) in [7, 11) is 2.98. The van der Waals surface area contributed by atoms with E-state index >= 15 is 0 Å². The molecular formula is C25H23NO5. The summed E-state index contributed by atoms with van der Waals surface area (Å²) < 4.78 is 16.4. The minimum Gasteiger partial charge on any atom is -0.497 e. The third-order valence-corrected chi connectivity index (χ3v) is 5.10. The number of benzene rings is 3. The number of rotatable bonds is 6. The maximum Gasteiger partial charge on any atom is 0.337 e. The van der Waals surface area contributed by atoms with E-state index < -0.39 is 0 Å². The van der Waals surface area contributed by atoms with Gasteiger partial charge >= 0.3 is 5.97 Å². The van der Waals surface area contributed by atoms with Crippen molar-refractivity contribution in [2.45, 2.75) is 19.1 Å². The molecule has 0 radical (unpaired) electrons. The van der Waals surface area contributed by atoms with Crippen LogP contribution in [0.3, 0.4) is 0 Å². The summed E-state index contributed by atoms with van der Waals surface area (Å²) in [5.41, 5.74) is 4.13. The predicted molar refractivity (Wildman–Crippen MR) is 117 cm³/mol. The Kier molecular flexibility index (Phi) is 6.17. The molecule has 0 spiro atoms. The zero-order valence-electron chi connectivity index (χ0n) is 17.4. The normalized spacial score (nSPS) is 16.2. The number of carbonyl (C=O) groups is 1. The lowest BCUT2D eigenvalue weighted by Gasteiger charge is -2.27. The number of fused-ring (bicyclic) bond motifs is 1.